The van der Waals surface area contributed by atoms with Crippen LogP contribution in [0.3, 0.4) is 0 Å². The molecule has 5 heterocycles. The third-order valence-corrected chi connectivity index (χ3v) is 11.8. The summed E-state index contributed by atoms with van der Waals surface area (Å²) in [5.74, 6) is 1.85. The van der Waals surface area contributed by atoms with Crippen LogP contribution in [0, 0.1) is 18.7 Å². The zero-order valence-electron chi connectivity index (χ0n) is 32.3. The lowest BCUT2D eigenvalue weighted by molar-refractivity contribution is 0.0682. The van der Waals surface area contributed by atoms with E-state index >= 15 is 4.39 Å². The monoisotopic (exact) mass is 745 g/mol. The molecule has 6 aromatic rings. The Morgan fingerprint density at radius 1 is 1.00 bits per heavy atom. The Kier molecular flexibility index (Phi) is 9.16. The summed E-state index contributed by atoms with van der Waals surface area (Å²) in [6.07, 6.45) is 6.75. The first kappa shape index (κ1) is 35.6. The van der Waals surface area contributed by atoms with Gasteiger partial charge in [0.1, 0.15) is 36.1 Å². The standard InChI is InChI=1S/C42H48FN9O3/c1-22(2)25(5)52-19-36(49-50-52)28-9-7-26(8-10-28)21-54-40-38(37-24(4)34(43)15-35-33(37)17-45-48-35)31(27-11-12-27)14-32-39(40)46-42(55-20-23(3)53-6)47-41(32)51-18-29-13-30(51)16-44-29/h7-10,14-15,17,19,22-23,25,27,29-30,44H,11-13,16,18,20-21H2,1-6H3,(H,45,48)/t23-,25?,29-,30-/m0/s1. The van der Waals surface area contributed by atoms with Gasteiger partial charge in [-0.3, -0.25) is 5.10 Å². The summed E-state index contributed by atoms with van der Waals surface area (Å²) in [4.78, 5) is 12.6. The van der Waals surface area contributed by atoms with Gasteiger partial charge in [-0.2, -0.15) is 15.1 Å². The average Bonchev–Trinajstić information content (AvgIpc) is 3.55. The van der Waals surface area contributed by atoms with E-state index in [1.807, 2.05) is 24.7 Å². The van der Waals surface area contributed by atoms with Crippen molar-refractivity contribution in [1.29, 1.82) is 0 Å². The molecule has 1 saturated carbocycles. The largest absolute Gasteiger partial charge is 0.486 e. The van der Waals surface area contributed by atoms with Gasteiger partial charge in [-0.1, -0.05) is 43.3 Å². The minimum atomic E-state index is -0.309. The lowest BCUT2D eigenvalue weighted by Crippen LogP contribution is -2.44. The summed E-state index contributed by atoms with van der Waals surface area (Å²) in [5, 5.41) is 21.6. The molecule has 12 nitrogen and oxygen atoms in total. The molecule has 1 unspecified atom stereocenters. The highest BCUT2D eigenvalue weighted by molar-refractivity contribution is 6.06. The molecule has 2 bridgehead atoms. The maximum atomic E-state index is 15.8. The molecule has 3 aliphatic rings. The van der Waals surface area contributed by atoms with E-state index in [0.29, 0.717) is 46.3 Å². The summed E-state index contributed by atoms with van der Waals surface area (Å²) >= 11 is 0. The second kappa shape index (κ2) is 14.2. The molecule has 4 atom stereocenters. The molecule has 3 aromatic carbocycles. The summed E-state index contributed by atoms with van der Waals surface area (Å²) in [6.45, 7) is 12.6. The highest BCUT2D eigenvalue weighted by Crippen LogP contribution is 2.53. The van der Waals surface area contributed by atoms with E-state index in [0.717, 1.165) is 82.5 Å². The molecular formula is C42H48FN9O3. The Morgan fingerprint density at radius 3 is 2.53 bits per heavy atom. The smallest absolute Gasteiger partial charge is 0.319 e. The van der Waals surface area contributed by atoms with Gasteiger partial charge in [0.2, 0.25) is 0 Å². The van der Waals surface area contributed by atoms with Crippen molar-refractivity contribution in [3.63, 3.8) is 0 Å². The lowest BCUT2D eigenvalue weighted by atomic mass is 9.88. The summed E-state index contributed by atoms with van der Waals surface area (Å²) in [6, 6.07) is 13.2. The Labute approximate surface area is 319 Å². The minimum Gasteiger partial charge on any atom is -0.486 e. The molecule has 3 fully saturated rings. The SMILES string of the molecule is CO[C@@H](C)COc1nc(N2C[C@@H]3C[C@H]2CN3)c2cc(C3CC3)c(-c3c(C)c(F)cc4[nH]ncc34)c(OCc3ccc(-c4cn(C(C)C(C)C)nn4)cc3)c2n1. The molecule has 1 aliphatic carbocycles. The molecule has 0 spiro atoms. The normalized spacial score (nSPS) is 19.2. The number of nitrogens with zero attached hydrogens (tertiary/aromatic N) is 7. The number of methoxy groups -OCH3 is 1. The van der Waals surface area contributed by atoms with Crippen LogP contribution < -0.4 is 19.7 Å². The van der Waals surface area contributed by atoms with E-state index in [2.05, 4.69) is 81.8 Å². The summed E-state index contributed by atoms with van der Waals surface area (Å²) in [7, 11) is 1.66. The van der Waals surface area contributed by atoms with E-state index in [4.69, 9.17) is 24.2 Å². The predicted molar refractivity (Wildman–Crippen MR) is 210 cm³/mol. The zero-order chi connectivity index (χ0) is 38.0. The van der Waals surface area contributed by atoms with Gasteiger partial charge in [-0.05, 0) is 80.7 Å². The first-order chi connectivity index (χ1) is 26.7. The Bertz CT molecular complexity index is 2370. The Hall–Kier alpha value is -5.14. The van der Waals surface area contributed by atoms with Gasteiger partial charge in [-0.25, -0.2) is 9.07 Å². The van der Waals surface area contributed by atoms with Crippen LogP contribution in [0.25, 0.3) is 44.2 Å². The van der Waals surface area contributed by atoms with Gasteiger partial charge in [-0.15, -0.1) is 5.10 Å². The third kappa shape index (κ3) is 6.56. The number of H-pyrrole nitrogens is 1. The van der Waals surface area contributed by atoms with E-state index in [1.54, 1.807) is 13.3 Å². The van der Waals surface area contributed by atoms with Crippen LogP contribution in [-0.2, 0) is 11.3 Å². The van der Waals surface area contributed by atoms with Crippen LogP contribution in [0.4, 0.5) is 10.2 Å². The number of aromatic amines is 1. The molecule has 13 heteroatoms. The third-order valence-electron chi connectivity index (χ3n) is 11.8. The molecule has 2 aliphatic heterocycles. The van der Waals surface area contributed by atoms with Crippen molar-refractivity contribution in [2.75, 3.05) is 31.7 Å². The van der Waals surface area contributed by atoms with Crippen molar-refractivity contribution < 1.29 is 18.6 Å². The highest BCUT2D eigenvalue weighted by Gasteiger charge is 2.40. The number of halogens is 1. The number of nitrogens with one attached hydrogen (secondary N) is 2. The number of hydrogen-bond donors (Lipinski definition) is 2. The van der Waals surface area contributed by atoms with Crippen molar-refractivity contribution in [3.8, 4) is 34.1 Å². The molecule has 9 rings (SSSR count). The summed E-state index contributed by atoms with van der Waals surface area (Å²) < 4.78 is 36.6. The van der Waals surface area contributed by atoms with E-state index in [9.17, 15) is 0 Å². The maximum Gasteiger partial charge on any atom is 0.319 e. The van der Waals surface area contributed by atoms with Crippen LogP contribution in [0.2, 0.25) is 0 Å². The number of anilines is 1. The van der Waals surface area contributed by atoms with Crippen molar-refractivity contribution in [1.82, 2.24) is 40.5 Å². The van der Waals surface area contributed by atoms with E-state index < -0.39 is 0 Å². The molecule has 0 amide bonds. The first-order valence-electron chi connectivity index (χ1n) is 19.5. The van der Waals surface area contributed by atoms with Gasteiger partial charge < -0.3 is 24.4 Å². The fraction of sp³-hybridized carbons (Fsp3) is 0.452. The van der Waals surface area contributed by atoms with E-state index in [1.165, 1.54) is 6.07 Å². The minimum absolute atomic E-state index is 0.159. The number of piperazine rings is 1. The first-order valence-corrected chi connectivity index (χ1v) is 19.5. The van der Waals surface area contributed by atoms with Crippen LogP contribution in [0.1, 0.15) is 75.6 Å². The number of ether oxygens (including phenoxy) is 3. The molecule has 3 aromatic heterocycles. The van der Waals surface area contributed by atoms with Crippen LogP contribution in [-0.4, -0.2) is 80.2 Å². The lowest BCUT2D eigenvalue weighted by Gasteiger charge is -2.30. The Balaban J connectivity index is 1.20. The van der Waals surface area contributed by atoms with Crippen molar-refractivity contribution in [3.05, 3.63) is 71.3 Å². The van der Waals surface area contributed by atoms with Gasteiger partial charge in [0.15, 0.2) is 5.75 Å². The molecule has 2 saturated heterocycles. The number of rotatable bonds is 13. The second-order valence-electron chi connectivity index (χ2n) is 15.9. The van der Waals surface area contributed by atoms with Crippen molar-refractivity contribution in [2.45, 2.75) is 90.6 Å². The molecule has 2 N–H and O–H groups in total. The van der Waals surface area contributed by atoms with Crippen LogP contribution in [0.5, 0.6) is 11.8 Å². The van der Waals surface area contributed by atoms with E-state index in [-0.39, 0.29) is 37.2 Å². The zero-order valence-corrected chi connectivity index (χ0v) is 32.3. The summed E-state index contributed by atoms with van der Waals surface area (Å²) in [5.41, 5.74) is 7.28. The van der Waals surface area contributed by atoms with Crippen LogP contribution in [0.15, 0.2) is 48.8 Å². The topological polar surface area (TPSA) is 128 Å². The number of hydrogen-bond acceptors (Lipinski definition) is 10. The van der Waals surface area contributed by atoms with Gasteiger partial charge in [0.05, 0.1) is 30.1 Å². The van der Waals surface area contributed by atoms with Crippen LogP contribution >= 0.6 is 0 Å². The second-order valence-corrected chi connectivity index (χ2v) is 15.9. The molecule has 0 radical (unpaired) electrons. The highest BCUT2D eigenvalue weighted by atomic mass is 19.1. The quantitative estimate of drug-likeness (QED) is 0.123. The number of fused-ring (bicyclic) bond motifs is 4. The van der Waals surface area contributed by atoms with Crippen molar-refractivity contribution >= 4 is 27.6 Å². The van der Waals surface area contributed by atoms with Gasteiger partial charge in [0.25, 0.3) is 0 Å². The average molecular weight is 746 g/mol. The molecule has 55 heavy (non-hydrogen) atoms. The Morgan fingerprint density at radius 2 is 1.82 bits per heavy atom. The van der Waals surface area contributed by atoms with Gasteiger partial charge in [0, 0.05) is 59.7 Å². The van der Waals surface area contributed by atoms with Gasteiger partial charge >= 0.3 is 6.01 Å². The fourth-order valence-corrected chi connectivity index (χ4v) is 8.02. The molecule has 286 valence electrons. The fourth-order valence-electron chi connectivity index (χ4n) is 8.02. The number of benzene rings is 3. The maximum absolute atomic E-state index is 15.8. The predicted octanol–water partition coefficient (Wildman–Crippen LogP) is 7.52. The molecular weight excluding hydrogens is 698 g/mol. The van der Waals surface area contributed by atoms with Crippen molar-refractivity contribution in [2.24, 2.45) is 5.92 Å². The number of aromatic nitrogens is 7.